The van der Waals surface area contributed by atoms with E-state index in [4.69, 9.17) is 21.1 Å². The number of nitrogens with one attached hydrogen (secondary N) is 2. The van der Waals surface area contributed by atoms with Crippen LogP contribution < -0.4 is 15.4 Å². The van der Waals surface area contributed by atoms with Crippen LogP contribution in [0.3, 0.4) is 0 Å². The third-order valence-electron chi connectivity index (χ3n) is 8.37. The zero-order valence-electron chi connectivity index (χ0n) is 28.1. The number of sulfonamides is 1. The fourth-order valence-electron chi connectivity index (χ4n) is 5.43. The lowest BCUT2D eigenvalue weighted by atomic mass is 10.0. The van der Waals surface area contributed by atoms with Crippen molar-refractivity contribution in [1.29, 1.82) is 0 Å². The van der Waals surface area contributed by atoms with Crippen LogP contribution in [0.1, 0.15) is 50.4 Å². The van der Waals surface area contributed by atoms with Gasteiger partial charge in [-0.15, -0.1) is 0 Å². The smallest absolute Gasteiger partial charge is 0.323 e. The number of hydrogen-bond acceptors (Lipinski definition) is 7. The maximum absolute atomic E-state index is 14.3. The zero-order valence-corrected chi connectivity index (χ0v) is 29.6. The van der Waals surface area contributed by atoms with Crippen LogP contribution in [-0.4, -0.2) is 86.3 Å². The number of amides is 3. The molecule has 0 fully saturated rings. The summed E-state index contributed by atoms with van der Waals surface area (Å²) >= 11 is 5.98. The molecule has 14 heteroatoms. The number of ether oxygens (including phenoxy) is 2. The number of hydrogen-bond donors (Lipinski definition) is 3. The Labute approximate surface area is 292 Å². The highest BCUT2D eigenvalue weighted by Crippen LogP contribution is 2.29. The average Bonchev–Trinajstić information content (AvgIpc) is 3.07. The van der Waals surface area contributed by atoms with Crippen molar-refractivity contribution < 1.29 is 37.0 Å². The first-order valence-electron chi connectivity index (χ1n) is 16.2. The Morgan fingerprint density at radius 1 is 1.06 bits per heavy atom. The molecule has 3 amide bonds. The van der Waals surface area contributed by atoms with E-state index in [0.717, 1.165) is 6.42 Å². The first-order valence-corrected chi connectivity index (χ1v) is 18.0. The van der Waals surface area contributed by atoms with Gasteiger partial charge < -0.3 is 30.1 Å². The van der Waals surface area contributed by atoms with Crippen molar-refractivity contribution in [2.75, 3.05) is 44.0 Å². The fraction of sp³-hybridized carbons (Fsp3) is 0.429. The second kappa shape index (κ2) is 17.3. The number of benzene rings is 3. The molecule has 3 aromatic rings. The van der Waals surface area contributed by atoms with Crippen LogP contribution in [0.15, 0.2) is 71.6 Å². The molecule has 0 saturated heterocycles. The fourth-order valence-corrected chi connectivity index (χ4v) is 6.74. The summed E-state index contributed by atoms with van der Waals surface area (Å²) in [5.41, 5.74) is 0.866. The minimum absolute atomic E-state index is 0.0228. The molecule has 0 aliphatic carbocycles. The molecule has 49 heavy (non-hydrogen) atoms. The summed E-state index contributed by atoms with van der Waals surface area (Å²) in [5.74, 6) is -0.928. The van der Waals surface area contributed by atoms with E-state index in [9.17, 15) is 27.5 Å². The number of urea groups is 1. The molecular formula is C35H44ClFN4O7S. The van der Waals surface area contributed by atoms with Crippen LogP contribution in [0, 0.1) is 11.7 Å². The number of rotatable bonds is 8. The third-order valence-corrected chi connectivity index (χ3v) is 10.5. The largest absolute Gasteiger partial charge is 0.490 e. The van der Waals surface area contributed by atoms with Crippen molar-refractivity contribution in [3.05, 3.63) is 83.1 Å². The molecular weight excluding hydrogens is 675 g/mol. The van der Waals surface area contributed by atoms with Gasteiger partial charge in [0.05, 0.1) is 35.3 Å². The Morgan fingerprint density at radius 3 is 2.39 bits per heavy atom. The number of nitrogens with zero attached hydrogens (tertiary/aromatic N) is 2. The molecule has 266 valence electrons. The highest BCUT2D eigenvalue weighted by atomic mass is 35.5. The Hall–Kier alpha value is -3.75. The summed E-state index contributed by atoms with van der Waals surface area (Å²) < 4.78 is 53.9. The van der Waals surface area contributed by atoms with Crippen LogP contribution in [0.4, 0.5) is 20.6 Å². The highest BCUT2D eigenvalue weighted by Gasteiger charge is 2.32. The topological polar surface area (TPSA) is 138 Å². The molecule has 3 N–H and O–H groups in total. The number of halogens is 2. The predicted octanol–water partition coefficient (Wildman–Crippen LogP) is 6.24. The molecule has 4 rings (SSSR count). The van der Waals surface area contributed by atoms with E-state index in [1.54, 1.807) is 19.1 Å². The lowest BCUT2D eigenvalue weighted by molar-refractivity contribution is -0.00833. The van der Waals surface area contributed by atoms with E-state index in [1.165, 1.54) is 70.9 Å². The molecule has 0 unspecified atom stereocenters. The standard InChI is InChI=1S/C35H44ClFN4O7S/c1-23-20-41(24(2)22-42)34(43)31-19-29(39-35(44)38-28-12-10-27(37)11-13-28)14-17-32(31)48-25(3)7-5-6-18-47-33(23)21-40(4)49(45,46)30-15-8-26(36)9-16-30/h8-17,19,23-25,33,42H,5-7,18,20-22H2,1-4H3,(H2,38,39,44)/t23-,24-,25+,33-/m1/s1. The van der Waals surface area contributed by atoms with Crippen molar-refractivity contribution in [2.24, 2.45) is 5.92 Å². The second-order valence-corrected chi connectivity index (χ2v) is 14.8. The van der Waals surface area contributed by atoms with E-state index in [2.05, 4.69) is 10.6 Å². The van der Waals surface area contributed by atoms with Crippen LogP contribution in [-0.2, 0) is 14.8 Å². The van der Waals surface area contributed by atoms with Crippen LogP contribution in [0.2, 0.25) is 5.02 Å². The number of fused-ring (bicyclic) bond motifs is 1. The monoisotopic (exact) mass is 718 g/mol. The number of carbonyl (C=O) groups excluding carboxylic acids is 2. The molecule has 1 aliphatic heterocycles. The van der Waals surface area contributed by atoms with Gasteiger partial charge in [0.25, 0.3) is 5.91 Å². The van der Waals surface area contributed by atoms with E-state index < -0.39 is 39.9 Å². The van der Waals surface area contributed by atoms with Gasteiger partial charge in [0.2, 0.25) is 10.0 Å². The molecule has 1 heterocycles. The van der Waals surface area contributed by atoms with E-state index in [1.807, 2.05) is 13.8 Å². The SMILES string of the molecule is C[C@@H]1CN([C@H](C)CO)C(=O)c2cc(NC(=O)Nc3ccc(F)cc3)ccc2O[C@@H](C)CCCCO[C@@H]1CN(C)S(=O)(=O)c1ccc(Cl)cc1. The number of likely N-dealkylation sites (N-methyl/N-ethyl adjacent to an activating group) is 1. The Bertz CT molecular complexity index is 1680. The maximum atomic E-state index is 14.3. The van der Waals surface area contributed by atoms with Gasteiger partial charge in [0.1, 0.15) is 11.6 Å². The maximum Gasteiger partial charge on any atom is 0.323 e. The Balaban J connectivity index is 1.62. The van der Waals surface area contributed by atoms with Gasteiger partial charge in [-0.05, 0) is 99.8 Å². The number of aliphatic hydroxyl groups is 1. The van der Waals surface area contributed by atoms with Gasteiger partial charge in [-0.2, -0.15) is 4.31 Å². The van der Waals surface area contributed by atoms with E-state index in [0.29, 0.717) is 41.6 Å². The first kappa shape index (κ1) is 38.1. The quantitative estimate of drug-likeness (QED) is 0.251. The molecule has 0 bridgehead atoms. The Kier molecular flexibility index (Phi) is 13.4. The Morgan fingerprint density at radius 2 is 1.71 bits per heavy atom. The molecule has 1 aliphatic rings. The van der Waals surface area contributed by atoms with Crippen LogP contribution in [0.5, 0.6) is 5.75 Å². The van der Waals surface area contributed by atoms with E-state index >= 15 is 0 Å². The second-order valence-electron chi connectivity index (χ2n) is 12.3. The minimum atomic E-state index is -3.87. The number of carbonyl (C=O) groups is 2. The van der Waals surface area contributed by atoms with Gasteiger partial charge in [0.15, 0.2) is 0 Å². The molecule has 3 aromatic carbocycles. The first-order chi connectivity index (χ1) is 23.3. The molecule has 0 aromatic heterocycles. The highest BCUT2D eigenvalue weighted by molar-refractivity contribution is 7.89. The summed E-state index contributed by atoms with van der Waals surface area (Å²) in [6.45, 7) is 5.68. The van der Waals surface area contributed by atoms with Crippen molar-refractivity contribution in [3.8, 4) is 5.75 Å². The molecule has 0 saturated carbocycles. The third kappa shape index (κ3) is 10.4. The summed E-state index contributed by atoms with van der Waals surface area (Å²) in [5, 5.41) is 16.0. The normalized spacial score (nSPS) is 20.1. The molecule has 11 nitrogen and oxygen atoms in total. The van der Waals surface area contributed by atoms with Gasteiger partial charge in [-0.25, -0.2) is 17.6 Å². The average molecular weight is 719 g/mol. The van der Waals surface area contributed by atoms with E-state index in [-0.39, 0.29) is 42.2 Å². The number of anilines is 2. The minimum Gasteiger partial charge on any atom is -0.490 e. The van der Waals surface area contributed by atoms with Gasteiger partial charge in [0, 0.05) is 49.1 Å². The predicted molar refractivity (Wildman–Crippen MR) is 187 cm³/mol. The number of aliphatic hydroxyl groups excluding tert-OH is 1. The summed E-state index contributed by atoms with van der Waals surface area (Å²) in [7, 11) is -2.38. The lowest BCUT2D eigenvalue weighted by Crippen LogP contribution is -2.48. The summed E-state index contributed by atoms with van der Waals surface area (Å²) in [4.78, 5) is 28.7. The van der Waals surface area contributed by atoms with Crippen molar-refractivity contribution >= 4 is 44.9 Å². The summed E-state index contributed by atoms with van der Waals surface area (Å²) in [6.07, 6.45) is 1.29. The zero-order chi connectivity index (χ0) is 35.7. The van der Waals surface area contributed by atoms with Crippen molar-refractivity contribution in [3.63, 3.8) is 0 Å². The lowest BCUT2D eigenvalue weighted by Gasteiger charge is -2.35. The van der Waals surface area contributed by atoms with Gasteiger partial charge in [-0.1, -0.05) is 18.5 Å². The summed E-state index contributed by atoms with van der Waals surface area (Å²) in [6, 6.07) is 14.8. The van der Waals surface area contributed by atoms with Crippen LogP contribution in [0.25, 0.3) is 0 Å². The van der Waals surface area contributed by atoms with Crippen molar-refractivity contribution in [2.45, 2.75) is 63.2 Å². The van der Waals surface area contributed by atoms with Crippen molar-refractivity contribution in [1.82, 2.24) is 9.21 Å². The molecule has 0 radical (unpaired) electrons. The van der Waals surface area contributed by atoms with Gasteiger partial charge >= 0.3 is 6.03 Å². The van der Waals surface area contributed by atoms with Crippen LogP contribution >= 0.6 is 11.6 Å². The van der Waals surface area contributed by atoms with Gasteiger partial charge in [-0.3, -0.25) is 4.79 Å². The molecule has 0 spiro atoms. The molecule has 4 atom stereocenters.